The number of benzene rings is 3. The van der Waals surface area contributed by atoms with Crippen molar-refractivity contribution in [3.8, 4) is 11.1 Å². The molecular weight excluding hydrogens is 516 g/mol. The van der Waals surface area contributed by atoms with Crippen LogP contribution in [0.2, 0.25) is 0 Å². The number of carbonyl (C=O) groups excluding carboxylic acids is 3. The minimum Gasteiger partial charge on any atom is -0.465 e. The molecule has 1 unspecified atom stereocenters. The van der Waals surface area contributed by atoms with Gasteiger partial charge in [-0.1, -0.05) is 53.6 Å². The van der Waals surface area contributed by atoms with Crippen LogP contribution in [0.3, 0.4) is 0 Å². The lowest BCUT2D eigenvalue weighted by Crippen LogP contribution is -2.23. The Bertz CT molecular complexity index is 1480. The molecule has 6 nitrogen and oxygen atoms in total. The number of thiophene rings is 1. The Morgan fingerprint density at radius 3 is 2.34 bits per heavy atom. The molecule has 0 spiro atoms. The molecule has 0 bridgehead atoms. The van der Waals surface area contributed by atoms with Crippen LogP contribution in [0.25, 0.3) is 11.1 Å². The molecule has 0 saturated carbocycles. The van der Waals surface area contributed by atoms with Gasteiger partial charge in [0.15, 0.2) is 0 Å². The number of hydrogen-bond donors (Lipinski definition) is 2. The average Bonchev–Trinajstić information content (AvgIpc) is 3.32. The first-order valence-electron chi connectivity index (χ1n) is 12.0. The number of methoxy groups -OCH3 is 1. The van der Waals surface area contributed by atoms with E-state index >= 15 is 0 Å². The Kier molecular flexibility index (Phi) is 8.66. The second kappa shape index (κ2) is 12.1. The van der Waals surface area contributed by atoms with E-state index in [0.717, 1.165) is 27.1 Å². The SMILES string of the molecule is COC(=O)c1c(-c2ccc(C)cc2)csc1NC(=O)C(C)Sc1cccc(NC(=O)c2cccc(C)c2)c1. The predicted molar refractivity (Wildman–Crippen MR) is 155 cm³/mol. The quantitative estimate of drug-likeness (QED) is 0.181. The van der Waals surface area contributed by atoms with Gasteiger partial charge >= 0.3 is 5.97 Å². The number of thioether (sulfide) groups is 1. The number of esters is 1. The highest BCUT2D eigenvalue weighted by Crippen LogP contribution is 2.37. The number of aryl methyl sites for hydroxylation is 2. The molecule has 4 aromatic rings. The van der Waals surface area contributed by atoms with Crippen molar-refractivity contribution in [3.05, 3.63) is 100 Å². The van der Waals surface area contributed by atoms with Crippen molar-refractivity contribution in [2.45, 2.75) is 30.9 Å². The molecule has 1 aromatic heterocycles. The molecule has 0 aliphatic rings. The first-order chi connectivity index (χ1) is 18.2. The fraction of sp³-hybridized carbons (Fsp3) is 0.167. The van der Waals surface area contributed by atoms with E-state index < -0.39 is 11.2 Å². The summed E-state index contributed by atoms with van der Waals surface area (Å²) in [5.41, 5.74) is 5.28. The maximum atomic E-state index is 13.1. The smallest absolute Gasteiger partial charge is 0.341 e. The molecule has 8 heteroatoms. The molecular formula is C30H28N2O4S2. The van der Waals surface area contributed by atoms with E-state index in [0.29, 0.717) is 21.8 Å². The van der Waals surface area contributed by atoms with Crippen LogP contribution in [0.4, 0.5) is 10.7 Å². The van der Waals surface area contributed by atoms with Gasteiger partial charge in [-0.25, -0.2) is 4.79 Å². The molecule has 2 N–H and O–H groups in total. The van der Waals surface area contributed by atoms with Crippen LogP contribution in [0.5, 0.6) is 0 Å². The molecule has 1 heterocycles. The lowest BCUT2D eigenvalue weighted by Gasteiger charge is -2.13. The monoisotopic (exact) mass is 544 g/mol. The first-order valence-corrected chi connectivity index (χ1v) is 13.7. The fourth-order valence-corrected chi connectivity index (χ4v) is 5.69. The summed E-state index contributed by atoms with van der Waals surface area (Å²) < 4.78 is 5.02. The maximum absolute atomic E-state index is 13.1. The zero-order valence-corrected chi connectivity index (χ0v) is 23.2. The predicted octanol–water partition coefficient (Wildman–Crippen LogP) is 7.19. The van der Waals surface area contributed by atoms with E-state index in [2.05, 4.69) is 10.6 Å². The molecule has 0 radical (unpaired) electrons. The molecule has 194 valence electrons. The average molecular weight is 545 g/mol. The third-order valence-corrected chi connectivity index (χ3v) is 7.82. The lowest BCUT2D eigenvalue weighted by molar-refractivity contribution is -0.115. The first kappa shape index (κ1) is 27.2. The topological polar surface area (TPSA) is 84.5 Å². The summed E-state index contributed by atoms with van der Waals surface area (Å²) in [6, 6.07) is 22.6. The van der Waals surface area contributed by atoms with Gasteiger partial charge in [-0.3, -0.25) is 9.59 Å². The van der Waals surface area contributed by atoms with Gasteiger partial charge < -0.3 is 15.4 Å². The number of ether oxygens (including phenoxy) is 1. The number of amides is 2. The molecule has 0 aliphatic heterocycles. The minimum absolute atomic E-state index is 0.195. The number of rotatable bonds is 8. The zero-order chi connectivity index (χ0) is 27.2. The highest BCUT2D eigenvalue weighted by Gasteiger charge is 2.24. The van der Waals surface area contributed by atoms with Gasteiger partial charge in [-0.15, -0.1) is 23.1 Å². The fourth-order valence-electron chi connectivity index (χ4n) is 3.81. The summed E-state index contributed by atoms with van der Waals surface area (Å²) in [4.78, 5) is 39.2. The van der Waals surface area contributed by atoms with E-state index in [1.807, 2.05) is 86.0 Å². The van der Waals surface area contributed by atoms with Crippen molar-refractivity contribution in [2.24, 2.45) is 0 Å². The van der Waals surface area contributed by atoms with E-state index in [-0.39, 0.29) is 11.8 Å². The van der Waals surface area contributed by atoms with Crippen molar-refractivity contribution in [1.29, 1.82) is 0 Å². The highest BCUT2D eigenvalue weighted by atomic mass is 32.2. The second-order valence-corrected chi connectivity index (χ2v) is 11.1. The molecule has 4 rings (SSSR count). The molecule has 0 fully saturated rings. The summed E-state index contributed by atoms with van der Waals surface area (Å²) in [6.07, 6.45) is 0. The lowest BCUT2D eigenvalue weighted by atomic mass is 10.0. The molecule has 2 amide bonds. The van der Waals surface area contributed by atoms with Crippen LogP contribution in [0.1, 0.15) is 38.8 Å². The van der Waals surface area contributed by atoms with Crippen molar-refractivity contribution in [2.75, 3.05) is 17.7 Å². The van der Waals surface area contributed by atoms with Crippen LogP contribution in [0.15, 0.2) is 83.1 Å². The van der Waals surface area contributed by atoms with Crippen molar-refractivity contribution in [1.82, 2.24) is 0 Å². The van der Waals surface area contributed by atoms with E-state index in [1.54, 1.807) is 13.0 Å². The number of nitrogens with one attached hydrogen (secondary N) is 2. The summed E-state index contributed by atoms with van der Waals surface area (Å²) >= 11 is 2.65. The Morgan fingerprint density at radius 1 is 0.895 bits per heavy atom. The van der Waals surface area contributed by atoms with Crippen LogP contribution in [-0.2, 0) is 9.53 Å². The van der Waals surface area contributed by atoms with Gasteiger partial charge in [-0.2, -0.15) is 0 Å². The largest absolute Gasteiger partial charge is 0.465 e. The van der Waals surface area contributed by atoms with Crippen LogP contribution >= 0.6 is 23.1 Å². The maximum Gasteiger partial charge on any atom is 0.341 e. The third-order valence-electron chi connectivity index (χ3n) is 5.83. The second-order valence-electron chi connectivity index (χ2n) is 8.81. The Hall–Kier alpha value is -3.88. The standard InChI is InChI=1S/C30H28N2O4S2/c1-18-11-13-21(14-12-18)25-17-37-29(26(25)30(35)36-4)32-27(33)20(3)38-24-10-6-9-23(16-24)31-28(34)22-8-5-7-19(2)15-22/h5-17,20H,1-4H3,(H,31,34)(H,32,33). The van der Waals surface area contributed by atoms with Crippen molar-refractivity contribution in [3.63, 3.8) is 0 Å². The molecule has 38 heavy (non-hydrogen) atoms. The van der Waals surface area contributed by atoms with Crippen LogP contribution in [0, 0.1) is 13.8 Å². The summed E-state index contributed by atoms with van der Waals surface area (Å²) in [6.45, 7) is 5.73. The number of carbonyl (C=O) groups is 3. The van der Waals surface area contributed by atoms with Crippen LogP contribution in [-0.4, -0.2) is 30.1 Å². The van der Waals surface area contributed by atoms with Crippen LogP contribution < -0.4 is 10.6 Å². The summed E-state index contributed by atoms with van der Waals surface area (Å²) in [7, 11) is 1.33. The normalized spacial score (nSPS) is 11.5. The summed E-state index contributed by atoms with van der Waals surface area (Å²) in [5, 5.41) is 7.66. The number of hydrogen-bond acceptors (Lipinski definition) is 6. The van der Waals surface area contributed by atoms with E-state index in [1.165, 1.54) is 30.2 Å². The zero-order valence-electron chi connectivity index (χ0n) is 21.5. The van der Waals surface area contributed by atoms with Gasteiger partial charge in [0.1, 0.15) is 10.6 Å². The van der Waals surface area contributed by atoms with Gasteiger partial charge in [0.25, 0.3) is 5.91 Å². The molecule has 1 atom stereocenters. The van der Waals surface area contributed by atoms with Crippen molar-refractivity contribution < 1.29 is 19.1 Å². The molecule has 0 aliphatic carbocycles. The summed E-state index contributed by atoms with van der Waals surface area (Å²) in [5.74, 6) is -0.944. The van der Waals surface area contributed by atoms with E-state index in [4.69, 9.17) is 4.74 Å². The number of anilines is 2. The Labute approximate surface area is 230 Å². The third kappa shape index (κ3) is 6.51. The van der Waals surface area contributed by atoms with E-state index in [9.17, 15) is 14.4 Å². The van der Waals surface area contributed by atoms with Crippen molar-refractivity contribution >= 4 is 51.6 Å². The van der Waals surface area contributed by atoms with Gasteiger partial charge in [0.2, 0.25) is 5.91 Å². The molecule has 3 aromatic carbocycles. The van der Waals surface area contributed by atoms with Gasteiger partial charge in [0, 0.05) is 27.1 Å². The minimum atomic E-state index is -0.505. The highest BCUT2D eigenvalue weighted by molar-refractivity contribution is 8.00. The van der Waals surface area contributed by atoms with Gasteiger partial charge in [-0.05, 0) is 56.7 Å². The molecule has 0 saturated heterocycles. The Balaban J connectivity index is 1.46. The Morgan fingerprint density at radius 2 is 1.63 bits per heavy atom. The van der Waals surface area contributed by atoms with Gasteiger partial charge in [0.05, 0.1) is 12.4 Å².